The highest BCUT2D eigenvalue weighted by Crippen LogP contribution is 2.35. The number of carboxylic acid groups (broad SMARTS) is 1. The Hall–Kier alpha value is -1.71. The number of aryl methyl sites for hydroxylation is 1. The highest BCUT2D eigenvalue weighted by atomic mass is 35.5. The molecule has 0 bridgehead atoms. The number of hydrogen-bond donors (Lipinski definition) is 1. The van der Waals surface area contributed by atoms with Crippen molar-refractivity contribution in [1.82, 2.24) is 0 Å². The van der Waals surface area contributed by atoms with Crippen molar-refractivity contribution in [1.29, 1.82) is 0 Å². The van der Waals surface area contributed by atoms with Crippen molar-refractivity contribution in [3.63, 3.8) is 0 Å². The van der Waals surface area contributed by atoms with E-state index in [1.807, 2.05) is 6.92 Å². The molecule has 0 heterocycles. The van der Waals surface area contributed by atoms with Gasteiger partial charge >= 0.3 is 5.97 Å². The summed E-state index contributed by atoms with van der Waals surface area (Å²) in [7, 11) is 0. The van der Waals surface area contributed by atoms with Crippen LogP contribution in [0.2, 0.25) is 10.0 Å². The number of rotatable bonds is 3. The fraction of sp³-hybridized carbons (Fsp3) is 0.0714. The maximum absolute atomic E-state index is 10.9. The molecule has 2 aromatic carbocycles. The molecule has 3 nitrogen and oxygen atoms in total. The summed E-state index contributed by atoms with van der Waals surface area (Å²) in [6.45, 7) is 1.82. The number of aromatic carboxylic acids is 1. The number of ether oxygens (including phenoxy) is 1. The van der Waals surface area contributed by atoms with Crippen molar-refractivity contribution in [3.05, 3.63) is 57.6 Å². The van der Waals surface area contributed by atoms with E-state index in [-0.39, 0.29) is 5.56 Å². The van der Waals surface area contributed by atoms with Crippen molar-refractivity contribution < 1.29 is 14.6 Å². The molecule has 2 aromatic rings. The Morgan fingerprint density at radius 1 is 1.16 bits per heavy atom. The fourth-order valence-corrected chi connectivity index (χ4v) is 1.85. The first kappa shape index (κ1) is 13.7. The lowest BCUT2D eigenvalue weighted by atomic mass is 10.1. The molecule has 2 rings (SSSR count). The molecule has 5 heteroatoms. The number of benzene rings is 2. The van der Waals surface area contributed by atoms with Gasteiger partial charge in [-0.2, -0.15) is 0 Å². The van der Waals surface area contributed by atoms with Gasteiger partial charge in [-0.3, -0.25) is 0 Å². The van der Waals surface area contributed by atoms with Crippen LogP contribution in [-0.4, -0.2) is 11.1 Å². The predicted octanol–water partition coefficient (Wildman–Crippen LogP) is 4.79. The summed E-state index contributed by atoms with van der Waals surface area (Å²) >= 11 is 11.9. The molecule has 0 aliphatic heterocycles. The Labute approximate surface area is 120 Å². The van der Waals surface area contributed by atoms with Gasteiger partial charge in [0.15, 0.2) is 0 Å². The molecule has 98 valence electrons. The molecule has 0 amide bonds. The molecular weight excluding hydrogens is 287 g/mol. The quantitative estimate of drug-likeness (QED) is 0.885. The molecule has 0 saturated carbocycles. The Bertz CT molecular complexity index is 639. The summed E-state index contributed by atoms with van der Waals surface area (Å²) in [6.07, 6.45) is 0. The van der Waals surface area contributed by atoms with E-state index in [1.54, 1.807) is 24.3 Å². The summed E-state index contributed by atoms with van der Waals surface area (Å²) in [5, 5.41) is 9.64. The van der Waals surface area contributed by atoms with Gasteiger partial charge in [-0.05, 0) is 36.8 Å². The summed E-state index contributed by atoms with van der Waals surface area (Å²) in [4.78, 5) is 10.9. The first-order chi connectivity index (χ1) is 8.99. The third-order valence-electron chi connectivity index (χ3n) is 2.57. The SMILES string of the molecule is Cc1ccc(C(=O)O)cc1Oc1cccc(Cl)c1Cl. The highest BCUT2D eigenvalue weighted by molar-refractivity contribution is 6.42. The smallest absolute Gasteiger partial charge is 0.335 e. The molecule has 0 fully saturated rings. The fourth-order valence-electron chi connectivity index (χ4n) is 1.52. The molecule has 0 radical (unpaired) electrons. The van der Waals surface area contributed by atoms with Gasteiger partial charge in [-0.15, -0.1) is 0 Å². The largest absolute Gasteiger partial charge is 0.478 e. The van der Waals surface area contributed by atoms with Crippen LogP contribution in [0, 0.1) is 6.92 Å². The Morgan fingerprint density at radius 2 is 1.89 bits per heavy atom. The zero-order valence-corrected chi connectivity index (χ0v) is 11.5. The molecule has 0 aliphatic carbocycles. The first-order valence-electron chi connectivity index (χ1n) is 5.45. The molecular formula is C14H10Cl2O3. The van der Waals surface area contributed by atoms with Crippen LogP contribution in [0.1, 0.15) is 15.9 Å². The van der Waals surface area contributed by atoms with Gasteiger partial charge in [0.05, 0.1) is 10.6 Å². The van der Waals surface area contributed by atoms with Crippen molar-refractivity contribution >= 4 is 29.2 Å². The third-order valence-corrected chi connectivity index (χ3v) is 3.37. The number of halogens is 2. The van der Waals surface area contributed by atoms with Crippen molar-refractivity contribution in [2.75, 3.05) is 0 Å². The standard InChI is InChI=1S/C14H10Cl2O3/c1-8-5-6-9(14(17)18)7-12(8)19-11-4-2-3-10(15)13(11)16/h2-7H,1H3,(H,17,18). The second-order valence-electron chi connectivity index (χ2n) is 3.94. The van der Waals surface area contributed by atoms with E-state index < -0.39 is 5.97 Å². The van der Waals surface area contributed by atoms with Gasteiger partial charge in [-0.1, -0.05) is 35.3 Å². The van der Waals surface area contributed by atoms with Crippen molar-refractivity contribution in [2.45, 2.75) is 6.92 Å². The summed E-state index contributed by atoms with van der Waals surface area (Å²) < 4.78 is 5.63. The Balaban J connectivity index is 2.40. The van der Waals surface area contributed by atoms with Crippen LogP contribution in [0.15, 0.2) is 36.4 Å². The molecule has 0 unspecified atom stereocenters. The van der Waals surface area contributed by atoms with E-state index >= 15 is 0 Å². The minimum absolute atomic E-state index is 0.152. The van der Waals surface area contributed by atoms with Crippen molar-refractivity contribution in [2.24, 2.45) is 0 Å². The minimum atomic E-state index is -1.01. The van der Waals surface area contributed by atoms with Crippen LogP contribution in [0.4, 0.5) is 0 Å². The van der Waals surface area contributed by atoms with Gasteiger partial charge in [-0.25, -0.2) is 4.79 Å². The molecule has 0 aromatic heterocycles. The predicted molar refractivity (Wildman–Crippen MR) is 74.7 cm³/mol. The van der Waals surface area contributed by atoms with E-state index in [9.17, 15) is 4.79 Å². The maximum Gasteiger partial charge on any atom is 0.335 e. The van der Waals surface area contributed by atoms with Crippen LogP contribution in [0.5, 0.6) is 11.5 Å². The summed E-state index contributed by atoms with van der Waals surface area (Å²) in [6, 6.07) is 9.68. The van der Waals surface area contributed by atoms with Crippen LogP contribution in [0.25, 0.3) is 0 Å². The summed E-state index contributed by atoms with van der Waals surface area (Å²) in [5.41, 5.74) is 0.958. The van der Waals surface area contributed by atoms with Gasteiger partial charge in [0.1, 0.15) is 16.5 Å². The van der Waals surface area contributed by atoms with Crippen molar-refractivity contribution in [3.8, 4) is 11.5 Å². The second-order valence-corrected chi connectivity index (χ2v) is 4.72. The molecule has 0 atom stereocenters. The maximum atomic E-state index is 10.9. The van der Waals surface area contributed by atoms with E-state index in [0.29, 0.717) is 21.5 Å². The number of hydrogen-bond acceptors (Lipinski definition) is 2. The highest BCUT2D eigenvalue weighted by Gasteiger charge is 2.11. The lowest BCUT2D eigenvalue weighted by molar-refractivity contribution is 0.0696. The Kier molecular flexibility index (Phi) is 3.98. The summed E-state index contributed by atoms with van der Waals surface area (Å²) in [5.74, 6) is -0.189. The monoisotopic (exact) mass is 296 g/mol. The van der Waals surface area contributed by atoms with Crippen LogP contribution in [0.3, 0.4) is 0 Å². The number of carboxylic acids is 1. The molecule has 0 spiro atoms. The lowest BCUT2D eigenvalue weighted by Crippen LogP contribution is -1.98. The van der Waals surface area contributed by atoms with Crippen LogP contribution < -0.4 is 4.74 Å². The zero-order chi connectivity index (χ0) is 14.0. The number of carbonyl (C=O) groups is 1. The molecule has 0 aliphatic rings. The Morgan fingerprint density at radius 3 is 2.58 bits per heavy atom. The topological polar surface area (TPSA) is 46.5 Å². The van der Waals surface area contributed by atoms with E-state index in [2.05, 4.69) is 0 Å². The van der Waals surface area contributed by atoms with Gasteiger partial charge < -0.3 is 9.84 Å². The van der Waals surface area contributed by atoms with Gasteiger partial charge in [0.25, 0.3) is 0 Å². The first-order valence-corrected chi connectivity index (χ1v) is 6.20. The van der Waals surface area contributed by atoms with Gasteiger partial charge in [0, 0.05) is 0 Å². The van der Waals surface area contributed by atoms with Crippen LogP contribution >= 0.6 is 23.2 Å². The molecule has 19 heavy (non-hydrogen) atoms. The lowest BCUT2D eigenvalue weighted by Gasteiger charge is -2.11. The normalized spacial score (nSPS) is 10.3. The second kappa shape index (κ2) is 5.51. The van der Waals surface area contributed by atoms with E-state index in [4.69, 9.17) is 33.0 Å². The van der Waals surface area contributed by atoms with E-state index in [0.717, 1.165) is 5.56 Å². The minimum Gasteiger partial charge on any atom is -0.478 e. The third kappa shape index (κ3) is 3.00. The molecule has 1 N–H and O–H groups in total. The molecule has 0 saturated heterocycles. The zero-order valence-electron chi connectivity index (χ0n) is 9.98. The van der Waals surface area contributed by atoms with Gasteiger partial charge in [0.2, 0.25) is 0 Å². The average molecular weight is 297 g/mol. The average Bonchev–Trinajstić information content (AvgIpc) is 2.37. The van der Waals surface area contributed by atoms with E-state index in [1.165, 1.54) is 12.1 Å². The van der Waals surface area contributed by atoms with Crippen LogP contribution in [-0.2, 0) is 0 Å².